The average molecular weight is 335 g/mol. The summed E-state index contributed by atoms with van der Waals surface area (Å²) < 4.78 is 38.4. The van der Waals surface area contributed by atoms with Crippen LogP contribution >= 0.6 is 0 Å². The van der Waals surface area contributed by atoms with Crippen molar-refractivity contribution in [3.05, 3.63) is 59.7 Å². The fourth-order valence-electron chi connectivity index (χ4n) is 3.69. The molecular formula is C18H19F2NO3. The van der Waals surface area contributed by atoms with Gasteiger partial charge < -0.3 is 14.6 Å². The molecule has 128 valence electrons. The van der Waals surface area contributed by atoms with Gasteiger partial charge in [0.05, 0.1) is 25.4 Å². The molecule has 1 aliphatic carbocycles. The van der Waals surface area contributed by atoms with Gasteiger partial charge in [0.15, 0.2) is 0 Å². The third kappa shape index (κ3) is 2.50. The lowest BCUT2D eigenvalue weighted by Gasteiger charge is -2.35. The molecule has 2 aliphatic heterocycles. The average Bonchev–Trinajstić information content (AvgIpc) is 3.14. The monoisotopic (exact) mass is 335 g/mol. The lowest BCUT2D eigenvalue weighted by Crippen LogP contribution is -2.51. The van der Waals surface area contributed by atoms with E-state index in [4.69, 9.17) is 9.47 Å². The number of aliphatic hydroxyl groups is 1. The van der Waals surface area contributed by atoms with Crippen LogP contribution in [0.15, 0.2) is 48.3 Å². The highest BCUT2D eigenvalue weighted by atomic mass is 19.1. The minimum absolute atomic E-state index is 0.0254. The Morgan fingerprint density at radius 3 is 2.58 bits per heavy atom. The summed E-state index contributed by atoms with van der Waals surface area (Å²) in [6.45, 7) is 0.590. The number of nitrogens with zero attached hydrogens (tertiary/aromatic N) is 1. The Kier molecular flexibility index (Phi) is 4.00. The van der Waals surface area contributed by atoms with Gasteiger partial charge in [-0.3, -0.25) is 0 Å². The van der Waals surface area contributed by atoms with E-state index in [0.717, 1.165) is 5.56 Å². The second kappa shape index (κ2) is 6.04. The van der Waals surface area contributed by atoms with Crippen LogP contribution in [0.1, 0.15) is 18.2 Å². The largest absolute Gasteiger partial charge is 0.394 e. The summed E-state index contributed by atoms with van der Waals surface area (Å²) in [6, 6.07) is 6.14. The van der Waals surface area contributed by atoms with Gasteiger partial charge in [-0.05, 0) is 36.3 Å². The van der Waals surface area contributed by atoms with Crippen LogP contribution < -0.4 is 0 Å². The maximum Gasteiger partial charge on any atom is 0.139 e. The maximum atomic E-state index is 13.3. The highest BCUT2D eigenvalue weighted by molar-refractivity contribution is 5.23. The van der Waals surface area contributed by atoms with Crippen LogP contribution in [0.2, 0.25) is 0 Å². The van der Waals surface area contributed by atoms with E-state index in [0.29, 0.717) is 19.6 Å². The van der Waals surface area contributed by atoms with E-state index in [-0.39, 0.29) is 30.4 Å². The minimum atomic E-state index is -0.614. The first kappa shape index (κ1) is 15.9. The number of ether oxygens (including phenoxy) is 2. The van der Waals surface area contributed by atoms with Crippen LogP contribution in [0.4, 0.5) is 8.78 Å². The van der Waals surface area contributed by atoms with Crippen LogP contribution in [0.3, 0.4) is 0 Å². The molecule has 6 heteroatoms. The molecule has 1 aromatic carbocycles. The van der Waals surface area contributed by atoms with Crippen molar-refractivity contribution < 1.29 is 23.4 Å². The van der Waals surface area contributed by atoms with Gasteiger partial charge in [-0.15, -0.1) is 0 Å². The van der Waals surface area contributed by atoms with Crippen LogP contribution in [-0.2, 0) is 9.47 Å². The van der Waals surface area contributed by atoms with Crippen molar-refractivity contribution >= 4 is 0 Å². The van der Waals surface area contributed by atoms with Gasteiger partial charge in [0.25, 0.3) is 0 Å². The second-order valence-corrected chi connectivity index (χ2v) is 6.55. The standard InChI is InChI=1S/C18H19F2NO3/c19-14-5-1-12(2-6-14)16-21-17(13-3-7-15(20)8-4-13)24-11-18(21,9-22)10-23-16/h1-3,5-8,13,16-17,22H,4,9-11H2/t13?,16-,17-,18?/m0/s1. The van der Waals surface area contributed by atoms with Gasteiger partial charge in [-0.25, -0.2) is 13.7 Å². The van der Waals surface area contributed by atoms with E-state index in [2.05, 4.69) is 0 Å². The molecule has 4 nitrogen and oxygen atoms in total. The summed E-state index contributed by atoms with van der Waals surface area (Å²) in [7, 11) is 0. The van der Waals surface area contributed by atoms with Gasteiger partial charge >= 0.3 is 0 Å². The van der Waals surface area contributed by atoms with Crippen molar-refractivity contribution in [2.45, 2.75) is 24.4 Å². The van der Waals surface area contributed by atoms with Crippen LogP contribution in [0.25, 0.3) is 0 Å². The summed E-state index contributed by atoms with van der Waals surface area (Å²) in [5.74, 6) is -0.580. The summed E-state index contributed by atoms with van der Waals surface area (Å²) in [6.07, 6.45) is 4.57. The smallest absolute Gasteiger partial charge is 0.139 e. The maximum absolute atomic E-state index is 13.3. The van der Waals surface area contributed by atoms with Crippen molar-refractivity contribution in [3.63, 3.8) is 0 Å². The van der Waals surface area contributed by atoms with E-state index in [1.54, 1.807) is 18.2 Å². The molecule has 0 bridgehead atoms. The van der Waals surface area contributed by atoms with Crippen LogP contribution in [0.5, 0.6) is 0 Å². The molecule has 2 saturated heterocycles. The number of benzene rings is 1. The van der Waals surface area contributed by atoms with E-state index in [9.17, 15) is 13.9 Å². The van der Waals surface area contributed by atoms with Gasteiger partial charge in [-0.1, -0.05) is 18.2 Å². The molecule has 4 rings (SSSR count). The number of rotatable bonds is 3. The zero-order valence-electron chi connectivity index (χ0n) is 13.1. The van der Waals surface area contributed by atoms with Crippen LogP contribution in [0, 0.1) is 11.7 Å². The number of fused-ring (bicyclic) bond motifs is 1. The fourth-order valence-corrected chi connectivity index (χ4v) is 3.69. The third-order valence-corrected chi connectivity index (χ3v) is 5.01. The zero-order chi connectivity index (χ0) is 16.7. The summed E-state index contributed by atoms with van der Waals surface area (Å²) in [5.41, 5.74) is 0.195. The highest BCUT2D eigenvalue weighted by Crippen LogP contribution is 2.46. The van der Waals surface area contributed by atoms with E-state index < -0.39 is 11.8 Å². The molecule has 0 amide bonds. The minimum Gasteiger partial charge on any atom is -0.394 e. The Morgan fingerprint density at radius 1 is 1.17 bits per heavy atom. The molecule has 1 aromatic rings. The fraction of sp³-hybridized carbons (Fsp3) is 0.444. The second-order valence-electron chi connectivity index (χ2n) is 6.55. The number of hydrogen-bond donors (Lipinski definition) is 1. The third-order valence-electron chi connectivity index (χ3n) is 5.01. The molecular weight excluding hydrogens is 316 g/mol. The quantitative estimate of drug-likeness (QED) is 0.922. The first-order valence-corrected chi connectivity index (χ1v) is 8.05. The molecule has 0 radical (unpaired) electrons. The van der Waals surface area contributed by atoms with Crippen molar-refractivity contribution in [2.75, 3.05) is 19.8 Å². The summed E-state index contributed by atoms with van der Waals surface area (Å²) in [5, 5.41) is 9.94. The lowest BCUT2D eigenvalue weighted by atomic mass is 9.95. The molecule has 3 aliphatic rings. The predicted molar refractivity (Wildman–Crippen MR) is 82.9 cm³/mol. The molecule has 1 N–H and O–H groups in total. The first-order valence-electron chi connectivity index (χ1n) is 8.05. The van der Waals surface area contributed by atoms with Gasteiger partial charge in [-0.2, -0.15) is 0 Å². The molecule has 0 saturated carbocycles. The van der Waals surface area contributed by atoms with Crippen molar-refractivity contribution in [1.82, 2.24) is 4.90 Å². The predicted octanol–water partition coefficient (Wildman–Crippen LogP) is 2.67. The zero-order valence-corrected chi connectivity index (χ0v) is 13.1. The van der Waals surface area contributed by atoms with Crippen molar-refractivity contribution in [1.29, 1.82) is 0 Å². The Labute approximate surface area is 139 Å². The summed E-state index contributed by atoms with van der Waals surface area (Å²) in [4.78, 5) is 2.02. The highest BCUT2D eigenvalue weighted by Gasteiger charge is 2.57. The Balaban J connectivity index is 1.65. The molecule has 0 spiro atoms. The Hall–Kier alpha value is -1.60. The van der Waals surface area contributed by atoms with Gasteiger partial charge in [0.1, 0.15) is 24.1 Å². The van der Waals surface area contributed by atoms with Crippen molar-refractivity contribution in [2.24, 2.45) is 5.92 Å². The summed E-state index contributed by atoms with van der Waals surface area (Å²) >= 11 is 0. The van der Waals surface area contributed by atoms with E-state index >= 15 is 0 Å². The Bertz CT molecular complexity index is 675. The first-order chi connectivity index (χ1) is 11.6. The van der Waals surface area contributed by atoms with E-state index in [1.807, 2.05) is 4.90 Å². The molecule has 0 aromatic heterocycles. The number of halogens is 2. The molecule has 2 unspecified atom stereocenters. The van der Waals surface area contributed by atoms with Crippen molar-refractivity contribution in [3.8, 4) is 0 Å². The Morgan fingerprint density at radius 2 is 1.92 bits per heavy atom. The van der Waals surface area contributed by atoms with Crippen LogP contribution in [-0.4, -0.2) is 41.6 Å². The number of hydrogen-bond acceptors (Lipinski definition) is 4. The topological polar surface area (TPSA) is 41.9 Å². The number of allylic oxidation sites excluding steroid dienone is 3. The molecule has 4 atom stereocenters. The normalized spacial score (nSPS) is 36.0. The SMILES string of the molecule is OCC12CO[C@@H](c3ccc(F)cc3)N1[C@H](C1C=CC(F)=CC1)OC2. The number of aliphatic hydroxyl groups excluding tert-OH is 1. The van der Waals surface area contributed by atoms with Gasteiger partial charge in [0.2, 0.25) is 0 Å². The molecule has 2 fully saturated rings. The molecule has 2 heterocycles. The molecule has 24 heavy (non-hydrogen) atoms. The van der Waals surface area contributed by atoms with Gasteiger partial charge in [0, 0.05) is 5.92 Å². The van der Waals surface area contributed by atoms with E-state index in [1.165, 1.54) is 24.3 Å². The lowest BCUT2D eigenvalue weighted by molar-refractivity contribution is -0.0786.